The van der Waals surface area contributed by atoms with E-state index in [1.807, 2.05) is 19.1 Å². The number of carboxylic acids is 1. The lowest BCUT2D eigenvalue weighted by atomic mass is 9.82. The molecule has 114 valence electrons. The number of hydrogen-bond acceptors (Lipinski definition) is 3. The van der Waals surface area contributed by atoms with Crippen molar-refractivity contribution in [2.24, 2.45) is 0 Å². The van der Waals surface area contributed by atoms with E-state index in [4.69, 9.17) is 0 Å². The first-order chi connectivity index (χ1) is 10.0. The van der Waals surface area contributed by atoms with Crippen molar-refractivity contribution in [3.05, 3.63) is 29.3 Å². The standard InChI is InChI=1S/C17H24N2O2/c1-11-6-7-16(15(8-11)17(20)21)18-12-9-13-4-3-5-14(10-12)19(13)2/h6-8,12-14,18H,3-5,9-10H2,1-2H3,(H,20,21). The summed E-state index contributed by atoms with van der Waals surface area (Å²) < 4.78 is 0. The highest BCUT2D eigenvalue weighted by molar-refractivity contribution is 5.94. The van der Waals surface area contributed by atoms with Gasteiger partial charge in [-0.05, 0) is 51.8 Å². The van der Waals surface area contributed by atoms with Gasteiger partial charge in [-0.1, -0.05) is 18.1 Å². The molecule has 2 unspecified atom stereocenters. The van der Waals surface area contributed by atoms with Crippen LogP contribution in [0.2, 0.25) is 0 Å². The Bertz CT molecular complexity index is 530. The van der Waals surface area contributed by atoms with Crippen molar-refractivity contribution in [2.75, 3.05) is 12.4 Å². The monoisotopic (exact) mass is 288 g/mol. The fraction of sp³-hybridized carbons (Fsp3) is 0.588. The number of hydrogen-bond donors (Lipinski definition) is 2. The van der Waals surface area contributed by atoms with Gasteiger partial charge in [0, 0.05) is 23.8 Å². The minimum absolute atomic E-state index is 0.386. The van der Waals surface area contributed by atoms with Gasteiger partial charge in [-0.3, -0.25) is 0 Å². The average molecular weight is 288 g/mol. The van der Waals surface area contributed by atoms with E-state index in [-0.39, 0.29) is 0 Å². The van der Waals surface area contributed by atoms with Crippen molar-refractivity contribution in [2.45, 2.75) is 57.2 Å². The minimum Gasteiger partial charge on any atom is -0.478 e. The van der Waals surface area contributed by atoms with E-state index in [0.717, 1.165) is 24.1 Å². The molecule has 3 rings (SSSR count). The van der Waals surface area contributed by atoms with Crippen LogP contribution in [-0.2, 0) is 0 Å². The van der Waals surface area contributed by atoms with Crippen LogP contribution in [0.25, 0.3) is 0 Å². The maximum atomic E-state index is 11.4. The molecule has 2 bridgehead atoms. The Balaban J connectivity index is 1.77. The van der Waals surface area contributed by atoms with Crippen LogP contribution >= 0.6 is 0 Å². The third kappa shape index (κ3) is 2.91. The number of carbonyl (C=O) groups is 1. The van der Waals surface area contributed by atoms with E-state index < -0.39 is 5.97 Å². The highest BCUT2D eigenvalue weighted by Crippen LogP contribution is 2.34. The first-order valence-electron chi connectivity index (χ1n) is 7.87. The second kappa shape index (κ2) is 5.68. The van der Waals surface area contributed by atoms with Crippen molar-refractivity contribution >= 4 is 11.7 Å². The van der Waals surface area contributed by atoms with Gasteiger partial charge in [0.1, 0.15) is 0 Å². The highest BCUT2D eigenvalue weighted by atomic mass is 16.4. The molecule has 2 heterocycles. The fourth-order valence-corrected chi connectivity index (χ4v) is 3.91. The summed E-state index contributed by atoms with van der Waals surface area (Å²) in [4.78, 5) is 13.9. The summed E-state index contributed by atoms with van der Waals surface area (Å²) in [6, 6.07) is 7.32. The molecule has 4 heteroatoms. The number of nitrogens with one attached hydrogen (secondary N) is 1. The Morgan fingerprint density at radius 1 is 1.29 bits per heavy atom. The van der Waals surface area contributed by atoms with E-state index >= 15 is 0 Å². The number of rotatable bonds is 3. The fourth-order valence-electron chi connectivity index (χ4n) is 3.91. The number of benzene rings is 1. The van der Waals surface area contributed by atoms with Crippen molar-refractivity contribution in [1.29, 1.82) is 0 Å². The second-order valence-corrected chi connectivity index (χ2v) is 6.57. The number of nitrogens with zero attached hydrogens (tertiary/aromatic N) is 1. The third-order valence-corrected chi connectivity index (χ3v) is 5.10. The Morgan fingerprint density at radius 2 is 1.95 bits per heavy atom. The van der Waals surface area contributed by atoms with Crippen molar-refractivity contribution in [3.8, 4) is 0 Å². The molecule has 0 spiro atoms. The van der Waals surface area contributed by atoms with Gasteiger partial charge in [-0.2, -0.15) is 0 Å². The van der Waals surface area contributed by atoms with E-state index in [1.54, 1.807) is 6.07 Å². The molecule has 21 heavy (non-hydrogen) atoms. The Labute approximate surface area is 126 Å². The number of fused-ring (bicyclic) bond motifs is 2. The van der Waals surface area contributed by atoms with Gasteiger partial charge in [-0.15, -0.1) is 0 Å². The topological polar surface area (TPSA) is 52.6 Å². The Morgan fingerprint density at radius 3 is 2.57 bits per heavy atom. The van der Waals surface area contributed by atoms with Gasteiger partial charge in [-0.25, -0.2) is 4.79 Å². The Hall–Kier alpha value is -1.55. The largest absolute Gasteiger partial charge is 0.478 e. The smallest absolute Gasteiger partial charge is 0.337 e. The molecule has 1 aromatic rings. The molecule has 2 aliphatic rings. The first kappa shape index (κ1) is 14.4. The van der Waals surface area contributed by atoms with Crippen LogP contribution in [0.4, 0.5) is 5.69 Å². The molecule has 1 aromatic carbocycles. The van der Waals surface area contributed by atoms with Gasteiger partial charge >= 0.3 is 5.97 Å². The van der Waals surface area contributed by atoms with Crippen LogP contribution in [0, 0.1) is 6.92 Å². The molecule has 2 fully saturated rings. The predicted molar refractivity (Wildman–Crippen MR) is 84.0 cm³/mol. The van der Waals surface area contributed by atoms with Crippen molar-refractivity contribution < 1.29 is 9.90 Å². The van der Waals surface area contributed by atoms with Crippen molar-refractivity contribution in [1.82, 2.24) is 4.90 Å². The summed E-state index contributed by atoms with van der Waals surface area (Å²) >= 11 is 0. The third-order valence-electron chi connectivity index (χ3n) is 5.10. The van der Waals surface area contributed by atoms with Crippen LogP contribution in [-0.4, -0.2) is 41.1 Å². The minimum atomic E-state index is -0.852. The molecule has 0 saturated carbocycles. The van der Waals surface area contributed by atoms with Crippen molar-refractivity contribution in [3.63, 3.8) is 0 Å². The zero-order valence-electron chi connectivity index (χ0n) is 12.8. The summed E-state index contributed by atoms with van der Waals surface area (Å²) in [5.74, 6) is -0.852. The number of carboxylic acid groups (broad SMARTS) is 1. The maximum Gasteiger partial charge on any atom is 0.337 e. The molecular weight excluding hydrogens is 264 g/mol. The number of aryl methyl sites for hydroxylation is 1. The summed E-state index contributed by atoms with van der Waals surface area (Å²) in [5, 5.41) is 12.9. The van der Waals surface area contributed by atoms with Gasteiger partial charge < -0.3 is 15.3 Å². The molecule has 0 aromatic heterocycles. The number of piperidine rings is 2. The first-order valence-corrected chi connectivity index (χ1v) is 7.87. The Kier molecular flexibility index (Phi) is 3.89. The molecule has 2 aliphatic heterocycles. The van der Waals surface area contributed by atoms with Gasteiger partial charge in [0.25, 0.3) is 0 Å². The molecule has 2 N–H and O–H groups in total. The van der Waals surface area contributed by atoms with Crippen LogP contribution in [0.5, 0.6) is 0 Å². The lowest BCUT2D eigenvalue weighted by Gasteiger charge is -2.47. The van der Waals surface area contributed by atoms with Crippen LogP contribution in [0.1, 0.15) is 48.0 Å². The molecule has 0 aliphatic carbocycles. The summed E-state index contributed by atoms with van der Waals surface area (Å²) in [6.07, 6.45) is 6.09. The number of anilines is 1. The average Bonchev–Trinajstić information content (AvgIpc) is 2.41. The van der Waals surface area contributed by atoms with Gasteiger partial charge in [0.05, 0.1) is 5.56 Å². The number of aromatic carboxylic acids is 1. The zero-order valence-corrected chi connectivity index (χ0v) is 12.8. The highest BCUT2D eigenvalue weighted by Gasteiger charge is 2.36. The van der Waals surface area contributed by atoms with E-state index in [9.17, 15) is 9.90 Å². The second-order valence-electron chi connectivity index (χ2n) is 6.57. The molecule has 0 amide bonds. The van der Waals surface area contributed by atoms with E-state index in [2.05, 4.69) is 17.3 Å². The molecule has 0 radical (unpaired) electrons. The molecule has 2 atom stereocenters. The molecule has 2 saturated heterocycles. The maximum absolute atomic E-state index is 11.4. The lowest BCUT2D eigenvalue weighted by Crippen LogP contribution is -2.52. The molecular formula is C17H24N2O2. The van der Waals surface area contributed by atoms with E-state index in [1.165, 1.54) is 19.3 Å². The van der Waals surface area contributed by atoms with Gasteiger partial charge in [0.15, 0.2) is 0 Å². The summed E-state index contributed by atoms with van der Waals surface area (Å²) in [6.45, 7) is 1.93. The van der Waals surface area contributed by atoms with Crippen LogP contribution in [0.3, 0.4) is 0 Å². The summed E-state index contributed by atoms with van der Waals surface area (Å²) in [7, 11) is 2.24. The SMILES string of the molecule is Cc1ccc(NC2CC3CCCC(C2)N3C)c(C(=O)O)c1. The van der Waals surface area contributed by atoms with Gasteiger partial charge in [0.2, 0.25) is 0 Å². The van der Waals surface area contributed by atoms with Crippen LogP contribution in [0.15, 0.2) is 18.2 Å². The zero-order chi connectivity index (χ0) is 15.0. The van der Waals surface area contributed by atoms with Crippen LogP contribution < -0.4 is 5.32 Å². The normalized spacial score (nSPS) is 29.1. The lowest BCUT2D eigenvalue weighted by molar-refractivity contribution is 0.0607. The molecule has 4 nitrogen and oxygen atoms in total. The predicted octanol–water partition coefficient (Wildman–Crippen LogP) is 3.12. The van der Waals surface area contributed by atoms with E-state index in [0.29, 0.717) is 23.7 Å². The summed E-state index contributed by atoms with van der Waals surface area (Å²) in [5.41, 5.74) is 2.14. The quantitative estimate of drug-likeness (QED) is 0.897.